The molecule has 2 heterocycles. The second kappa shape index (κ2) is 7.32. The summed E-state index contributed by atoms with van der Waals surface area (Å²) in [5, 5.41) is 7.59. The molecule has 1 aromatic carbocycles. The lowest BCUT2D eigenvalue weighted by molar-refractivity contribution is -0.121. The number of benzene rings is 1. The van der Waals surface area contributed by atoms with Crippen LogP contribution >= 0.6 is 0 Å². The number of nitrogens with one attached hydrogen (secondary N) is 2. The number of carbonyl (C=O) groups excluding carboxylic acids is 1. The molecule has 0 saturated heterocycles. The molecule has 2 N–H and O–H groups in total. The third kappa shape index (κ3) is 3.49. The number of aromatic amines is 1. The monoisotopic (exact) mass is 353 g/mol. The Hall–Kier alpha value is -2.63. The molecule has 26 heavy (non-hydrogen) atoms. The maximum absolute atomic E-state index is 12.8. The van der Waals surface area contributed by atoms with Gasteiger partial charge in [-0.3, -0.25) is 9.48 Å². The minimum atomic E-state index is -0.141. The van der Waals surface area contributed by atoms with Gasteiger partial charge in [-0.1, -0.05) is 32.4 Å². The van der Waals surface area contributed by atoms with E-state index in [4.69, 9.17) is 4.98 Å². The fourth-order valence-electron chi connectivity index (χ4n) is 3.29. The largest absolute Gasteiger partial charge is 0.346 e. The van der Waals surface area contributed by atoms with Gasteiger partial charge in [0.05, 0.1) is 29.2 Å². The molecule has 0 fully saturated rings. The van der Waals surface area contributed by atoms with Crippen LogP contribution in [0.3, 0.4) is 0 Å². The lowest BCUT2D eigenvalue weighted by Crippen LogP contribution is -2.34. The van der Waals surface area contributed by atoms with Gasteiger partial charge in [-0.2, -0.15) is 5.10 Å². The van der Waals surface area contributed by atoms with Crippen LogP contribution in [0.15, 0.2) is 24.3 Å². The number of carbonyl (C=O) groups is 1. The summed E-state index contributed by atoms with van der Waals surface area (Å²) in [5.41, 5.74) is 4.84. The Morgan fingerprint density at radius 2 is 2.04 bits per heavy atom. The highest BCUT2D eigenvalue weighted by atomic mass is 16.1. The lowest BCUT2D eigenvalue weighted by Gasteiger charge is -2.22. The highest BCUT2D eigenvalue weighted by Gasteiger charge is 2.24. The Balaban J connectivity index is 1.83. The SMILES string of the molecule is CC[C@H](C)[C@H](NC(=O)Cc1c(C)nn(C)c1C)c1nc2ccccc2[nH]1. The summed E-state index contributed by atoms with van der Waals surface area (Å²) in [4.78, 5) is 20.8. The molecule has 6 heteroatoms. The maximum atomic E-state index is 12.8. The molecular formula is C20H27N5O. The van der Waals surface area contributed by atoms with Crippen molar-refractivity contribution in [3.63, 3.8) is 0 Å². The molecule has 3 aromatic rings. The van der Waals surface area contributed by atoms with Crippen LogP contribution in [0, 0.1) is 19.8 Å². The second-order valence-corrected chi connectivity index (χ2v) is 7.02. The first kappa shape index (κ1) is 18.2. The smallest absolute Gasteiger partial charge is 0.225 e. The van der Waals surface area contributed by atoms with Gasteiger partial charge in [0, 0.05) is 18.3 Å². The van der Waals surface area contributed by atoms with Crippen molar-refractivity contribution >= 4 is 16.9 Å². The zero-order valence-electron chi connectivity index (χ0n) is 16.1. The quantitative estimate of drug-likeness (QED) is 0.713. The third-order valence-corrected chi connectivity index (χ3v) is 5.23. The summed E-state index contributed by atoms with van der Waals surface area (Å²) in [6, 6.07) is 7.79. The van der Waals surface area contributed by atoms with Crippen molar-refractivity contribution in [1.29, 1.82) is 0 Å². The Kier molecular flexibility index (Phi) is 5.11. The number of hydrogen-bond acceptors (Lipinski definition) is 3. The summed E-state index contributed by atoms with van der Waals surface area (Å²) < 4.78 is 1.82. The molecule has 0 radical (unpaired) electrons. The number of nitrogens with zero attached hydrogens (tertiary/aromatic N) is 3. The van der Waals surface area contributed by atoms with E-state index in [2.05, 4.69) is 29.2 Å². The molecule has 0 saturated carbocycles. The zero-order chi connectivity index (χ0) is 18.8. The van der Waals surface area contributed by atoms with Crippen molar-refractivity contribution in [2.24, 2.45) is 13.0 Å². The maximum Gasteiger partial charge on any atom is 0.225 e. The standard InChI is InChI=1S/C20H27N5O/c1-6-12(2)19(20-21-16-9-7-8-10-17(16)22-20)23-18(26)11-15-13(3)24-25(5)14(15)4/h7-10,12,19H,6,11H2,1-5H3,(H,21,22)(H,23,26)/t12-,19-/m0/s1. The topological polar surface area (TPSA) is 75.6 Å². The van der Waals surface area contributed by atoms with E-state index in [0.29, 0.717) is 6.42 Å². The molecule has 0 spiro atoms. The van der Waals surface area contributed by atoms with Crippen LogP contribution in [0.1, 0.15) is 49.1 Å². The first-order chi connectivity index (χ1) is 12.4. The second-order valence-electron chi connectivity index (χ2n) is 7.02. The number of para-hydroxylation sites is 2. The highest BCUT2D eigenvalue weighted by molar-refractivity contribution is 5.80. The Morgan fingerprint density at radius 3 is 2.65 bits per heavy atom. The number of aryl methyl sites for hydroxylation is 2. The van der Waals surface area contributed by atoms with Crippen molar-refractivity contribution in [1.82, 2.24) is 25.1 Å². The summed E-state index contributed by atoms with van der Waals surface area (Å²) in [6.45, 7) is 8.20. The van der Waals surface area contributed by atoms with Crippen LogP contribution in [0.5, 0.6) is 0 Å². The number of rotatable bonds is 6. The number of hydrogen-bond donors (Lipinski definition) is 2. The molecule has 0 aliphatic carbocycles. The first-order valence-corrected chi connectivity index (χ1v) is 9.13. The fourth-order valence-corrected chi connectivity index (χ4v) is 3.29. The van der Waals surface area contributed by atoms with Gasteiger partial charge in [0.2, 0.25) is 5.91 Å². The molecule has 0 aliphatic heterocycles. The van der Waals surface area contributed by atoms with Crippen molar-refractivity contribution in [2.75, 3.05) is 0 Å². The number of aromatic nitrogens is 4. The van der Waals surface area contributed by atoms with Crippen molar-refractivity contribution in [2.45, 2.75) is 46.6 Å². The average molecular weight is 353 g/mol. The van der Waals surface area contributed by atoms with Crippen LogP contribution in [0.25, 0.3) is 11.0 Å². The Labute approximate surface area is 154 Å². The molecule has 0 bridgehead atoms. The molecule has 2 atom stereocenters. The number of H-pyrrole nitrogens is 1. The first-order valence-electron chi connectivity index (χ1n) is 9.13. The van der Waals surface area contributed by atoms with E-state index in [-0.39, 0.29) is 17.9 Å². The van der Waals surface area contributed by atoms with E-state index in [1.165, 1.54) is 0 Å². The van der Waals surface area contributed by atoms with E-state index in [0.717, 1.165) is 40.2 Å². The van der Waals surface area contributed by atoms with Gasteiger partial charge >= 0.3 is 0 Å². The number of imidazole rings is 1. The van der Waals surface area contributed by atoms with Crippen LogP contribution in [-0.2, 0) is 18.3 Å². The summed E-state index contributed by atoms with van der Waals surface area (Å²) >= 11 is 0. The predicted octanol–water partition coefficient (Wildman–Crippen LogP) is 3.36. The summed E-state index contributed by atoms with van der Waals surface area (Å²) in [6.07, 6.45) is 1.28. The normalized spacial score (nSPS) is 13.7. The minimum absolute atomic E-state index is 0.00467. The molecule has 3 rings (SSSR count). The van der Waals surface area contributed by atoms with E-state index in [1.807, 2.05) is 49.8 Å². The van der Waals surface area contributed by atoms with E-state index in [1.54, 1.807) is 0 Å². The van der Waals surface area contributed by atoms with Gasteiger partial charge in [-0.15, -0.1) is 0 Å². The molecule has 0 aliphatic rings. The van der Waals surface area contributed by atoms with Gasteiger partial charge in [0.1, 0.15) is 5.82 Å². The molecule has 138 valence electrons. The fraction of sp³-hybridized carbons (Fsp3) is 0.450. The van der Waals surface area contributed by atoms with E-state index >= 15 is 0 Å². The van der Waals surface area contributed by atoms with Gasteiger partial charge in [-0.05, 0) is 31.9 Å². The number of amides is 1. The average Bonchev–Trinajstić information content (AvgIpc) is 3.15. The van der Waals surface area contributed by atoms with Crippen molar-refractivity contribution < 1.29 is 4.79 Å². The van der Waals surface area contributed by atoms with Gasteiger partial charge < -0.3 is 10.3 Å². The molecule has 1 amide bonds. The zero-order valence-corrected chi connectivity index (χ0v) is 16.1. The van der Waals surface area contributed by atoms with E-state index < -0.39 is 0 Å². The van der Waals surface area contributed by atoms with Gasteiger partial charge in [0.15, 0.2) is 0 Å². The van der Waals surface area contributed by atoms with Crippen LogP contribution in [0.4, 0.5) is 0 Å². The Morgan fingerprint density at radius 1 is 1.31 bits per heavy atom. The minimum Gasteiger partial charge on any atom is -0.346 e. The molecule has 2 aromatic heterocycles. The van der Waals surface area contributed by atoms with Crippen molar-refractivity contribution in [3.8, 4) is 0 Å². The molecular weight excluding hydrogens is 326 g/mol. The lowest BCUT2D eigenvalue weighted by atomic mass is 9.98. The third-order valence-electron chi connectivity index (χ3n) is 5.23. The van der Waals surface area contributed by atoms with Crippen molar-refractivity contribution in [3.05, 3.63) is 47.0 Å². The number of fused-ring (bicyclic) bond motifs is 1. The van der Waals surface area contributed by atoms with Gasteiger partial charge in [0.25, 0.3) is 0 Å². The Bertz CT molecular complexity index is 891. The molecule has 0 unspecified atom stereocenters. The highest BCUT2D eigenvalue weighted by Crippen LogP contribution is 2.25. The van der Waals surface area contributed by atoms with Crippen LogP contribution in [-0.4, -0.2) is 25.7 Å². The molecule has 6 nitrogen and oxygen atoms in total. The summed E-state index contributed by atoms with van der Waals surface area (Å²) in [5.74, 6) is 1.08. The predicted molar refractivity (Wildman–Crippen MR) is 103 cm³/mol. The summed E-state index contributed by atoms with van der Waals surface area (Å²) in [7, 11) is 1.90. The van der Waals surface area contributed by atoms with Crippen LogP contribution < -0.4 is 5.32 Å². The van der Waals surface area contributed by atoms with Crippen LogP contribution in [0.2, 0.25) is 0 Å². The van der Waals surface area contributed by atoms with Gasteiger partial charge in [-0.25, -0.2) is 4.98 Å². The van der Waals surface area contributed by atoms with E-state index in [9.17, 15) is 4.79 Å².